The van der Waals surface area contributed by atoms with Gasteiger partial charge in [0.05, 0.1) is 0 Å². The van der Waals surface area contributed by atoms with Crippen molar-refractivity contribution in [1.29, 1.82) is 0 Å². The molecule has 0 heterocycles. The van der Waals surface area contributed by atoms with Crippen molar-refractivity contribution in [2.45, 2.75) is 97.0 Å². The maximum absolute atomic E-state index is 12.4. The molecular weight excluding hydrogens is 328 g/mol. The molecule has 1 aliphatic carbocycles. The quantitative estimate of drug-likeness (QED) is 0.330. The van der Waals surface area contributed by atoms with Crippen molar-refractivity contribution >= 4 is 11.8 Å². The van der Waals surface area contributed by atoms with Gasteiger partial charge in [0.1, 0.15) is 5.78 Å². The van der Waals surface area contributed by atoms with Crippen LogP contribution in [0, 0.1) is 17.8 Å². The van der Waals surface area contributed by atoms with Crippen LogP contribution in [-0.2, 0) is 9.59 Å². The van der Waals surface area contributed by atoms with Gasteiger partial charge in [-0.15, -0.1) is 0 Å². The number of carbonyl (C=O) groups is 2. The van der Waals surface area contributed by atoms with Crippen LogP contribution in [0.5, 0.6) is 0 Å². The number of aliphatic carboxylic acids is 1. The highest BCUT2D eigenvalue weighted by atomic mass is 16.4. The minimum Gasteiger partial charge on any atom is -0.479 e. The van der Waals surface area contributed by atoms with E-state index in [0.717, 1.165) is 32.1 Å². The van der Waals surface area contributed by atoms with Gasteiger partial charge in [-0.25, -0.2) is 4.79 Å². The second-order valence-corrected chi connectivity index (χ2v) is 7.78. The van der Waals surface area contributed by atoms with Crippen LogP contribution in [-0.4, -0.2) is 28.1 Å². The van der Waals surface area contributed by atoms with Crippen LogP contribution in [0.2, 0.25) is 0 Å². The Morgan fingerprint density at radius 1 is 1.15 bits per heavy atom. The van der Waals surface area contributed by atoms with Gasteiger partial charge in [0.15, 0.2) is 6.10 Å². The molecule has 26 heavy (non-hydrogen) atoms. The molecule has 0 aromatic rings. The second kappa shape index (κ2) is 13.1. The lowest BCUT2D eigenvalue weighted by Crippen LogP contribution is -2.24. The minimum absolute atomic E-state index is 0.135. The number of aliphatic hydroxyl groups is 1. The fourth-order valence-electron chi connectivity index (χ4n) is 4.19. The predicted molar refractivity (Wildman–Crippen MR) is 105 cm³/mol. The van der Waals surface area contributed by atoms with Gasteiger partial charge in [-0.1, -0.05) is 64.5 Å². The Kier molecular flexibility index (Phi) is 11.5. The SMILES string of the molecule is CCCCCCC=C[C@H]1CCC(=O)[C@@H]1C(CC)CCCCC(O)C(=O)O. The largest absolute Gasteiger partial charge is 0.479 e. The number of Topliss-reactive ketones (excluding diaryl/α,β-unsaturated/α-hetero) is 1. The van der Waals surface area contributed by atoms with Gasteiger partial charge in [-0.05, 0) is 43.9 Å². The highest BCUT2D eigenvalue weighted by Gasteiger charge is 2.37. The maximum Gasteiger partial charge on any atom is 0.332 e. The molecule has 0 amide bonds. The van der Waals surface area contributed by atoms with Crippen molar-refractivity contribution in [3.8, 4) is 0 Å². The normalized spacial score (nSPS) is 22.8. The number of hydrogen-bond acceptors (Lipinski definition) is 3. The van der Waals surface area contributed by atoms with E-state index in [1.54, 1.807) is 0 Å². The molecule has 150 valence electrons. The molecule has 1 fully saturated rings. The van der Waals surface area contributed by atoms with Crippen molar-refractivity contribution in [2.75, 3.05) is 0 Å². The van der Waals surface area contributed by atoms with Crippen LogP contribution in [0.4, 0.5) is 0 Å². The Balaban J connectivity index is 2.45. The summed E-state index contributed by atoms with van der Waals surface area (Å²) in [6.45, 7) is 4.37. The molecule has 4 heteroatoms. The topological polar surface area (TPSA) is 74.6 Å². The Morgan fingerprint density at radius 3 is 2.54 bits per heavy atom. The number of hydrogen-bond donors (Lipinski definition) is 2. The molecule has 0 aromatic heterocycles. The summed E-state index contributed by atoms with van der Waals surface area (Å²) in [5.41, 5.74) is 0. The maximum atomic E-state index is 12.4. The van der Waals surface area contributed by atoms with E-state index in [1.165, 1.54) is 25.7 Å². The summed E-state index contributed by atoms with van der Waals surface area (Å²) in [5, 5.41) is 18.1. The van der Waals surface area contributed by atoms with E-state index >= 15 is 0 Å². The molecule has 4 nitrogen and oxygen atoms in total. The summed E-state index contributed by atoms with van der Waals surface area (Å²) < 4.78 is 0. The first-order chi connectivity index (χ1) is 12.5. The number of rotatable bonds is 14. The zero-order valence-electron chi connectivity index (χ0n) is 16.7. The van der Waals surface area contributed by atoms with Gasteiger partial charge >= 0.3 is 5.97 Å². The van der Waals surface area contributed by atoms with Crippen molar-refractivity contribution in [3.05, 3.63) is 12.2 Å². The van der Waals surface area contributed by atoms with Crippen molar-refractivity contribution in [3.63, 3.8) is 0 Å². The summed E-state index contributed by atoms with van der Waals surface area (Å²) in [5.74, 6) is 0.149. The number of allylic oxidation sites excluding steroid dienone is 2. The number of carbonyl (C=O) groups excluding carboxylic acids is 1. The van der Waals surface area contributed by atoms with Crippen LogP contribution >= 0.6 is 0 Å². The van der Waals surface area contributed by atoms with Crippen LogP contribution in [0.25, 0.3) is 0 Å². The van der Waals surface area contributed by atoms with Crippen molar-refractivity contribution in [1.82, 2.24) is 0 Å². The third-order valence-corrected chi connectivity index (χ3v) is 5.78. The van der Waals surface area contributed by atoms with Crippen LogP contribution in [0.1, 0.15) is 90.9 Å². The van der Waals surface area contributed by atoms with E-state index < -0.39 is 12.1 Å². The van der Waals surface area contributed by atoms with E-state index in [-0.39, 0.29) is 5.92 Å². The average Bonchev–Trinajstić information content (AvgIpc) is 2.98. The van der Waals surface area contributed by atoms with Crippen LogP contribution in [0.15, 0.2) is 12.2 Å². The Hall–Kier alpha value is -1.16. The van der Waals surface area contributed by atoms with Crippen LogP contribution in [0.3, 0.4) is 0 Å². The van der Waals surface area contributed by atoms with Crippen molar-refractivity contribution < 1.29 is 19.8 Å². The fourth-order valence-corrected chi connectivity index (χ4v) is 4.19. The molecule has 2 N–H and O–H groups in total. The first-order valence-corrected chi connectivity index (χ1v) is 10.6. The molecule has 1 aliphatic rings. The van der Waals surface area contributed by atoms with E-state index in [2.05, 4.69) is 26.0 Å². The summed E-state index contributed by atoms with van der Waals surface area (Å²) >= 11 is 0. The molecule has 2 unspecified atom stereocenters. The highest BCUT2D eigenvalue weighted by molar-refractivity contribution is 5.84. The average molecular weight is 367 g/mol. The van der Waals surface area contributed by atoms with Crippen LogP contribution < -0.4 is 0 Å². The summed E-state index contributed by atoms with van der Waals surface area (Å²) in [6, 6.07) is 0. The zero-order chi connectivity index (χ0) is 19.4. The van der Waals surface area contributed by atoms with Crippen molar-refractivity contribution in [2.24, 2.45) is 17.8 Å². The summed E-state index contributed by atoms with van der Waals surface area (Å²) in [4.78, 5) is 23.1. The second-order valence-electron chi connectivity index (χ2n) is 7.78. The van der Waals surface area contributed by atoms with E-state index in [1.807, 2.05) is 0 Å². The molecule has 0 bridgehead atoms. The van der Waals surface area contributed by atoms with Gasteiger partial charge in [-0.2, -0.15) is 0 Å². The Morgan fingerprint density at radius 2 is 1.88 bits per heavy atom. The van der Waals surface area contributed by atoms with Gasteiger partial charge in [0, 0.05) is 12.3 Å². The number of carboxylic acid groups (broad SMARTS) is 1. The van der Waals surface area contributed by atoms with E-state index in [9.17, 15) is 14.7 Å². The third-order valence-electron chi connectivity index (χ3n) is 5.78. The number of aliphatic hydroxyl groups excluding tert-OH is 1. The monoisotopic (exact) mass is 366 g/mol. The standard InChI is InChI=1S/C22H38O4/c1-3-5-6-7-8-9-13-18-15-16-19(23)21(18)17(4-2)12-10-11-14-20(24)22(25)26/h9,13,17-18,20-21,24H,3-8,10-12,14-16H2,1-2H3,(H,25,26)/t17?,18-,20?,21+/m0/s1. The molecule has 0 aliphatic heterocycles. The Labute approximate surface area is 159 Å². The zero-order valence-corrected chi connectivity index (χ0v) is 16.7. The predicted octanol–water partition coefficient (Wildman–Crippen LogP) is 5.14. The molecular formula is C22H38O4. The lowest BCUT2D eigenvalue weighted by atomic mass is 9.78. The fraction of sp³-hybridized carbons (Fsp3) is 0.818. The number of carboxylic acids is 1. The van der Waals surface area contributed by atoms with Gasteiger partial charge in [0.2, 0.25) is 0 Å². The molecule has 1 saturated carbocycles. The first kappa shape index (κ1) is 22.9. The Bertz CT molecular complexity index is 443. The third kappa shape index (κ3) is 8.03. The van der Waals surface area contributed by atoms with Gasteiger partial charge < -0.3 is 10.2 Å². The molecule has 0 spiro atoms. The molecule has 0 aromatic carbocycles. The number of ketones is 1. The molecule has 1 rings (SSSR count). The smallest absolute Gasteiger partial charge is 0.332 e. The summed E-state index contributed by atoms with van der Waals surface area (Å²) in [6.07, 6.45) is 15.0. The molecule has 0 saturated heterocycles. The number of unbranched alkanes of at least 4 members (excludes halogenated alkanes) is 5. The first-order valence-electron chi connectivity index (χ1n) is 10.6. The summed E-state index contributed by atoms with van der Waals surface area (Å²) in [7, 11) is 0. The van der Waals surface area contributed by atoms with E-state index in [0.29, 0.717) is 36.9 Å². The lowest BCUT2D eigenvalue weighted by Gasteiger charge is -2.25. The lowest BCUT2D eigenvalue weighted by molar-refractivity contribution is -0.147. The van der Waals surface area contributed by atoms with E-state index in [4.69, 9.17) is 5.11 Å². The van der Waals surface area contributed by atoms with Gasteiger partial charge in [-0.3, -0.25) is 4.79 Å². The highest BCUT2D eigenvalue weighted by Crippen LogP contribution is 2.39. The molecule has 4 atom stereocenters. The molecule has 0 radical (unpaired) electrons. The minimum atomic E-state index is -1.26. The van der Waals surface area contributed by atoms with Gasteiger partial charge in [0.25, 0.3) is 0 Å².